The third kappa shape index (κ3) is 7.89. The summed E-state index contributed by atoms with van der Waals surface area (Å²) < 4.78 is 6.05. The highest BCUT2D eigenvalue weighted by Gasteiger charge is 2.17. The normalized spacial score (nSPS) is 11.5. The van der Waals surface area contributed by atoms with Gasteiger partial charge in [0.2, 0.25) is 0 Å². The number of amides is 1. The summed E-state index contributed by atoms with van der Waals surface area (Å²) in [6.07, 6.45) is 2.00. The first-order chi connectivity index (χ1) is 15.2. The van der Waals surface area contributed by atoms with Crippen LogP contribution in [0.1, 0.15) is 28.8 Å². The molecule has 2 aromatic carbocycles. The van der Waals surface area contributed by atoms with Crippen LogP contribution in [0.5, 0.6) is 11.5 Å². The van der Waals surface area contributed by atoms with Gasteiger partial charge in [0.25, 0.3) is 5.91 Å². The predicted molar refractivity (Wildman–Crippen MR) is 129 cm³/mol. The lowest BCUT2D eigenvalue weighted by atomic mass is 10.1. The van der Waals surface area contributed by atoms with E-state index in [1.807, 2.05) is 0 Å². The maximum absolute atomic E-state index is 12.6. The number of benzene rings is 2. The van der Waals surface area contributed by atoms with E-state index < -0.39 is 11.9 Å². The topological polar surface area (TPSA) is 140 Å². The minimum absolute atomic E-state index is 0.0344. The molecule has 8 nitrogen and oxygen atoms in total. The highest BCUT2D eigenvalue weighted by Crippen LogP contribution is 2.35. The van der Waals surface area contributed by atoms with Gasteiger partial charge in [0.05, 0.1) is 12.6 Å². The molecule has 0 aliphatic carbocycles. The lowest BCUT2D eigenvalue weighted by Crippen LogP contribution is -2.36. The molecule has 0 aromatic heterocycles. The molecule has 0 heterocycles. The number of carbonyl (C=O) groups excluding carboxylic acids is 2. The summed E-state index contributed by atoms with van der Waals surface area (Å²) in [6, 6.07) is 7.21. The molecular weight excluding hydrogens is 523 g/mol. The van der Waals surface area contributed by atoms with Gasteiger partial charge in [0.15, 0.2) is 5.96 Å². The molecular formula is C21H23BrCl2N4O4. The molecule has 6 N–H and O–H groups in total. The van der Waals surface area contributed by atoms with Crippen molar-refractivity contribution in [3.8, 4) is 11.5 Å². The molecule has 2 rings (SSSR count). The monoisotopic (exact) mass is 544 g/mol. The van der Waals surface area contributed by atoms with Crippen molar-refractivity contribution in [2.24, 2.45) is 16.5 Å². The number of carbonyl (C=O) groups is 2. The van der Waals surface area contributed by atoms with Crippen molar-refractivity contribution in [1.29, 1.82) is 0 Å². The fourth-order valence-electron chi connectivity index (χ4n) is 2.76. The minimum Gasteiger partial charge on any atom is -0.507 e. The fraction of sp³-hybridized carbons (Fsp3) is 0.286. The van der Waals surface area contributed by atoms with E-state index in [4.69, 9.17) is 39.4 Å². The first-order valence-electron chi connectivity index (χ1n) is 9.62. The predicted octanol–water partition coefficient (Wildman–Crippen LogP) is 3.43. The number of halogens is 3. The lowest BCUT2D eigenvalue weighted by Gasteiger charge is -2.15. The number of aliphatic imine (C=N–C) groups is 1. The quantitative estimate of drug-likeness (QED) is 0.147. The SMILES string of the molecule is NC(N)=NCCCC(C=O)NC(=O)c1cc(O)c(Br)c(OCCc2ccc(Cl)cc2Cl)c1. The molecule has 11 heteroatoms. The summed E-state index contributed by atoms with van der Waals surface area (Å²) in [5.74, 6) is -0.464. The highest BCUT2D eigenvalue weighted by molar-refractivity contribution is 9.10. The summed E-state index contributed by atoms with van der Waals surface area (Å²) in [7, 11) is 0. The van der Waals surface area contributed by atoms with Crippen LogP contribution in [0.2, 0.25) is 10.0 Å². The van der Waals surface area contributed by atoms with Crippen molar-refractivity contribution in [2.75, 3.05) is 13.2 Å². The molecule has 0 aliphatic rings. The van der Waals surface area contributed by atoms with Crippen LogP contribution in [-0.2, 0) is 11.2 Å². The van der Waals surface area contributed by atoms with E-state index in [-0.39, 0.29) is 29.6 Å². The number of phenols is 1. The van der Waals surface area contributed by atoms with Gasteiger partial charge in [-0.1, -0.05) is 29.3 Å². The Hall–Kier alpha value is -2.49. The van der Waals surface area contributed by atoms with Gasteiger partial charge in [-0.05, 0) is 58.6 Å². The number of aromatic hydroxyl groups is 1. The van der Waals surface area contributed by atoms with Crippen LogP contribution in [0, 0.1) is 0 Å². The van der Waals surface area contributed by atoms with Gasteiger partial charge in [-0.3, -0.25) is 9.79 Å². The molecule has 0 saturated carbocycles. The molecule has 0 radical (unpaired) electrons. The summed E-state index contributed by atoms with van der Waals surface area (Å²) in [6.45, 7) is 0.587. The van der Waals surface area contributed by atoms with E-state index >= 15 is 0 Å². The number of hydrogen-bond acceptors (Lipinski definition) is 5. The van der Waals surface area contributed by atoms with Crippen LogP contribution >= 0.6 is 39.1 Å². The van der Waals surface area contributed by atoms with Crippen LogP contribution < -0.4 is 21.5 Å². The van der Waals surface area contributed by atoms with Gasteiger partial charge in [-0.15, -0.1) is 0 Å². The Morgan fingerprint density at radius 1 is 1.28 bits per heavy atom. The van der Waals surface area contributed by atoms with Crippen molar-refractivity contribution in [3.63, 3.8) is 0 Å². The number of hydrogen-bond donors (Lipinski definition) is 4. The Morgan fingerprint density at radius 3 is 2.69 bits per heavy atom. The molecule has 1 amide bonds. The second-order valence-electron chi connectivity index (χ2n) is 6.81. The van der Waals surface area contributed by atoms with Crippen LogP contribution in [0.4, 0.5) is 0 Å². The van der Waals surface area contributed by atoms with Crippen LogP contribution in [0.15, 0.2) is 39.8 Å². The molecule has 172 valence electrons. The van der Waals surface area contributed by atoms with Gasteiger partial charge < -0.3 is 31.4 Å². The second kappa shape index (κ2) is 12.5. The largest absolute Gasteiger partial charge is 0.507 e. The van der Waals surface area contributed by atoms with E-state index in [0.717, 1.165) is 5.56 Å². The van der Waals surface area contributed by atoms with Crippen LogP contribution in [0.3, 0.4) is 0 Å². The standard InChI is InChI=1S/C21H23BrCl2N4O4/c22-19-17(30)8-13(20(31)28-15(11-29)2-1-6-27-21(25)26)9-18(19)32-7-5-12-3-4-14(23)10-16(12)24/h3-4,8-11,15,30H,1-2,5-7H2,(H,28,31)(H4,25,26,27). The maximum Gasteiger partial charge on any atom is 0.252 e. The second-order valence-corrected chi connectivity index (χ2v) is 8.44. The molecule has 1 unspecified atom stereocenters. The Morgan fingerprint density at radius 2 is 2.03 bits per heavy atom. The van der Waals surface area contributed by atoms with Crippen molar-refractivity contribution in [1.82, 2.24) is 5.32 Å². The molecule has 0 spiro atoms. The van der Waals surface area contributed by atoms with Crippen LogP contribution in [-0.4, -0.2) is 42.5 Å². The molecule has 0 bridgehead atoms. The van der Waals surface area contributed by atoms with E-state index in [1.54, 1.807) is 18.2 Å². The number of phenolic OH excluding ortho intramolecular Hbond substituents is 1. The molecule has 2 aromatic rings. The van der Waals surface area contributed by atoms with E-state index in [9.17, 15) is 14.7 Å². The lowest BCUT2D eigenvalue weighted by molar-refractivity contribution is -0.109. The van der Waals surface area contributed by atoms with E-state index in [1.165, 1.54) is 12.1 Å². The number of aldehydes is 1. The van der Waals surface area contributed by atoms with Crippen molar-refractivity contribution in [2.45, 2.75) is 25.3 Å². The average Bonchev–Trinajstić information content (AvgIpc) is 2.74. The zero-order valence-corrected chi connectivity index (χ0v) is 20.1. The highest BCUT2D eigenvalue weighted by atomic mass is 79.9. The first-order valence-corrected chi connectivity index (χ1v) is 11.2. The van der Waals surface area contributed by atoms with Gasteiger partial charge in [-0.25, -0.2) is 0 Å². The fourth-order valence-corrected chi connectivity index (χ4v) is 3.61. The molecule has 0 fully saturated rings. The number of nitrogens with two attached hydrogens (primary N) is 2. The number of nitrogens with zero attached hydrogens (tertiary/aromatic N) is 1. The first kappa shape index (κ1) is 25.8. The van der Waals surface area contributed by atoms with Gasteiger partial charge in [0, 0.05) is 28.6 Å². The Balaban J connectivity index is 2.02. The summed E-state index contributed by atoms with van der Waals surface area (Å²) in [5.41, 5.74) is 11.5. The van der Waals surface area contributed by atoms with E-state index in [0.29, 0.717) is 46.6 Å². The Labute approximate surface area is 204 Å². The minimum atomic E-state index is -0.723. The zero-order chi connectivity index (χ0) is 23.7. The average molecular weight is 546 g/mol. The number of rotatable bonds is 11. The van der Waals surface area contributed by atoms with Gasteiger partial charge >= 0.3 is 0 Å². The maximum atomic E-state index is 12.6. The number of nitrogens with one attached hydrogen (secondary N) is 1. The van der Waals surface area contributed by atoms with Crippen LogP contribution in [0.25, 0.3) is 0 Å². The summed E-state index contributed by atoms with van der Waals surface area (Å²) in [4.78, 5) is 27.7. The third-order valence-electron chi connectivity index (χ3n) is 4.37. The smallest absolute Gasteiger partial charge is 0.252 e. The Kier molecular flexibility index (Phi) is 10.1. The van der Waals surface area contributed by atoms with Crippen molar-refractivity contribution in [3.05, 3.63) is 56.0 Å². The summed E-state index contributed by atoms with van der Waals surface area (Å²) >= 11 is 15.3. The van der Waals surface area contributed by atoms with Gasteiger partial charge in [0.1, 0.15) is 22.3 Å². The van der Waals surface area contributed by atoms with Gasteiger partial charge in [-0.2, -0.15) is 0 Å². The molecule has 32 heavy (non-hydrogen) atoms. The molecule has 0 aliphatic heterocycles. The van der Waals surface area contributed by atoms with Crippen molar-refractivity contribution < 1.29 is 19.4 Å². The molecule has 0 saturated heterocycles. The van der Waals surface area contributed by atoms with E-state index in [2.05, 4.69) is 26.2 Å². The zero-order valence-electron chi connectivity index (χ0n) is 17.0. The van der Waals surface area contributed by atoms with Crippen molar-refractivity contribution >= 4 is 57.3 Å². The molecule has 1 atom stereocenters. The Bertz CT molecular complexity index is 1000. The number of guanidine groups is 1. The summed E-state index contributed by atoms with van der Waals surface area (Å²) in [5, 5.41) is 13.9. The third-order valence-corrected chi connectivity index (χ3v) is 5.76. The number of ether oxygens (including phenoxy) is 1.